The van der Waals surface area contributed by atoms with Crippen LogP contribution < -0.4 is 4.90 Å². The van der Waals surface area contributed by atoms with Crippen LogP contribution in [0.4, 0.5) is 17.1 Å². The molecule has 0 saturated heterocycles. The minimum absolute atomic E-state index is 0.596. The van der Waals surface area contributed by atoms with Gasteiger partial charge < -0.3 is 13.7 Å². The van der Waals surface area contributed by atoms with Gasteiger partial charge in [-0.15, -0.1) is 11.3 Å². The monoisotopic (exact) mass is 786 g/mol. The third kappa shape index (κ3) is 5.78. The van der Waals surface area contributed by atoms with Gasteiger partial charge in [0, 0.05) is 53.6 Å². The molecule has 0 unspecified atom stereocenters. The number of oxazole rings is 1. The van der Waals surface area contributed by atoms with Crippen LogP contribution in [0.3, 0.4) is 0 Å². The molecule has 0 radical (unpaired) electrons. The van der Waals surface area contributed by atoms with E-state index in [1.165, 1.54) is 42.6 Å². The Morgan fingerprint density at radius 2 is 0.933 bits per heavy atom. The number of furan rings is 1. The highest BCUT2D eigenvalue weighted by Gasteiger charge is 2.20. The minimum atomic E-state index is 0.596. The maximum absolute atomic E-state index is 6.69. The van der Waals surface area contributed by atoms with Crippen LogP contribution in [0.15, 0.2) is 215 Å². The molecular weight excluding hydrogens is 753 g/mol. The highest BCUT2D eigenvalue weighted by molar-refractivity contribution is 7.26. The molecule has 0 fully saturated rings. The van der Waals surface area contributed by atoms with Crippen molar-refractivity contribution < 1.29 is 8.83 Å². The lowest BCUT2D eigenvalue weighted by atomic mass is 10.0. The predicted molar refractivity (Wildman–Crippen MR) is 251 cm³/mol. The first-order valence-corrected chi connectivity index (χ1v) is 20.9. The summed E-state index contributed by atoms with van der Waals surface area (Å²) in [5.41, 5.74) is 14.7. The second-order valence-corrected chi connectivity index (χ2v) is 16.2. The molecule has 0 aliphatic heterocycles. The van der Waals surface area contributed by atoms with Gasteiger partial charge in [0.05, 0.1) is 0 Å². The van der Waals surface area contributed by atoms with E-state index in [1.807, 2.05) is 30.3 Å². The second-order valence-electron chi connectivity index (χ2n) is 15.1. The number of anilines is 3. The fourth-order valence-corrected chi connectivity index (χ4v) is 9.75. The van der Waals surface area contributed by atoms with Crippen LogP contribution in [-0.2, 0) is 0 Å². The topological polar surface area (TPSA) is 42.4 Å². The number of fused-ring (bicyclic) bond motifs is 8. The first-order chi connectivity index (χ1) is 29.7. The third-order valence-corrected chi connectivity index (χ3v) is 12.7. The van der Waals surface area contributed by atoms with Crippen molar-refractivity contribution >= 4 is 81.6 Å². The van der Waals surface area contributed by atoms with Gasteiger partial charge in [0.15, 0.2) is 5.58 Å². The van der Waals surface area contributed by atoms with Crippen molar-refractivity contribution in [3.63, 3.8) is 0 Å². The largest absolute Gasteiger partial charge is 0.456 e. The Labute approximate surface area is 349 Å². The lowest BCUT2D eigenvalue weighted by molar-refractivity contribution is 0.623. The van der Waals surface area contributed by atoms with E-state index in [0.29, 0.717) is 5.89 Å². The minimum Gasteiger partial charge on any atom is -0.456 e. The highest BCUT2D eigenvalue weighted by Crippen LogP contribution is 2.44. The average molecular weight is 787 g/mol. The number of para-hydroxylation sites is 1. The molecule has 3 aromatic heterocycles. The fraction of sp³-hybridized carbons (Fsp3) is 0. The van der Waals surface area contributed by atoms with E-state index in [-0.39, 0.29) is 0 Å². The molecular formula is C55H34N2O2S. The van der Waals surface area contributed by atoms with Gasteiger partial charge in [-0.1, -0.05) is 133 Å². The van der Waals surface area contributed by atoms with Crippen LogP contribution in [0.2, 0.25) is 0 Å². The summed E-state index contributed by atoms with van der Waals surface area (Å²) >= 11 is 1.79. The number of thiophene rings is 1. The van der Waals surface area contributed by atoms with Gasteiger partial charge in [-0.2, -0.15) is 0 Å². The van der Waals surface area contributed by atoms with E-state index in [0.717, 1.165) is 66.6 Å². The molecule has 0 aliphatic carbocycles. The summed E-state index contributed by atoms with van der Waals surface area (Å²) in [7, 11) is 0. The van der Waals surface area contributed by atoms with Gasteiger partial charge in [0.2, 0.25) is 5.89 Å². The summed E-state index contributed by atoms with van der Waals surface area (Å²) in [5.74, 6) is 0.596. The molecule has 5 heteroatoms. The van der Waals surface area contributed by atoms with Crippen molar-refractivity contribution in [1.82, 2.24) is 4.98 Å². The lowest BCUT2D eigenvalue weighted by Gasteiger charge is -2.26. The molecule has 12 aromatic rings. The number of benzene rings is 9. The van der Waals surface area contributed by atoms with Gasteiger partial charge in [-0.3, -0.25) is 0 Å². The smallest absolute Gasteiger partial charge is 0.228 e. The Hall–Kier alpha value is -7.73. The summed E-state index contributed by atoms with van der Waals surface area (Å²) in [4.78, 5) is 7.34. The molecule has 0 atom stereocenters. The molecule has 0 bridgehead atoms. The van der Waals surface area contributed by atoms with E-state index in [1.54, 1.807) is 11.3 Å². The first kappa shape index (κ1) is 34.3. The average Bonchev–Trinajstić information content (AvgIpc) is 4.04. The van der Waals surface area contributed by atoms with Gasteiger partial charge in [-0.25, -0.2) is 4.98 Å². The van der Waals surface area contributed by atoms with Crippen molar-refractivity contribution in [2.45, 2.75) is 0 Å². The van der Waals surface area contributed by atoms with Crippen LogP contribution >= 0.6 is 11.3 Å². The molecule has 0 N–H and O–H groups in total. The van der Waals surface area contributed by atoms with E-state index >= 15 is 0 Å². The van der Waals surface area contributed by atoms with E-state index < -0.39 is 0 Å². The quantitative estimate of drug-likeness (QED) is 0.161. The summed E-state index contributed by atoms with van der Waals surface area (Å²) in [6.45, 7) is 0. The Balaban J connectivity index is 0.900. The molecule has 3 heterocycles. The molecule has 282 valence electrons. The summed E-state index contributed by atoms with van der Waals surface area (Å²) in [5, 5.41) is 4.34. The number of hydrogen-bond acceptors (Lipinski definition) is 5. The van der Waals surface area contributed by atoms with E-state index in [9.17, 15) is 0 Å². The maximum Gasteiger partial charge on any atom is 0.228 e. The van der Waals surface area contributed by atoms with Crippen LogP contribution in [0, 0.1) is 0 Å². The Morgan fingerprint density at radius 3 is 1.58 bits per heavy atom. The normalized spacial score (nSPS) is 11.7. The van der Waals surface area contributed by atoms with Crippen LogP contribution in [0.1, 0.15) is 0 Å². The van der Waals surface area contributed by atoms with Gasteiger partial charge in [0.1, 0.15) is 16.7 Å². The van der Waals surface area contributed by atoms with Crippen molar-refractivity contribution in [3.8, 4) is 44.8 Å². The van der Waals surface area contributed by atoms with Crippen molar-refractivity contribution in [1.29, 1.82) is 0 Å². The fourth-order valence-electron chi connectivity index (χ4n) is 8.61. The lowest BCUT2D eigenvalue weighted by Crippen LogP contribution is -2.09. The Kier molecular flexibility index (Phi) is 8.00. The van der Waals surface area contributed by atoms with Crippen LogP contribution in [0.25, 0.3) is 98.0 Å². The maximum atomic E-state index is 6.69. The van der Waals surface area contributed by atoms with Crippen molar-refractivity contribution in [2.24, 2.45) is 0 Å². The Bertz CT molecular complexity index is 3430. The van der Waals surface area contributed by atoms with Gasteiger partial charge >= 0.3 is 0 Å². The number of nitrogens with zero attached hydrogens (tertiary/aromatic N) is 2. The SMILES string of the molecule is c1ccc(-c2ccc(N(c3ccc(-c4ccccc4)cc3)c3ccc(-c4ccc5c(c4)sc4ccc6nc(-c7cccc8oc9ccccc9c78)oc6c45)cc3)cc2)cc1. The number of hydrogen-bond donors (Lipinski definition) is 0. The summed E-state index contributed by atoms with van der Waals surface area (Å²) in [6.07, 6.45) is 0. The van der Waals surface area contributed by atoms with Crippen molar-refractivity contribution in [2.75, 3.05) is 4.90 Å². The molecule has 4 nitrogen and oxygen atoms in total. The summed E-state index contributed by atoms with van der Waals surface area (Å²) < 4.78 is 15.2. The zero-order chi connectivity index (χ0) is 39.6. The highest BCUT2D eigenvalue weighted by atomic mass is 32.1. The number of aromatic nitrogens is 1. The Morgan fingerprint density at radius 1 is 0.383 bits per heavy atom. The molecule has 0 spiro atoms. The number of rotatable bonds is 7. The van der Waals surface area contributed by atoms with E-state index in [2.05, 4.69) is 181 Å². The third-order valence-electron chi connectivity index (χ3n) is 11.5. The molecule has 0 amide bonds. The predicted octanol–water partition coefficient (Wildman–Crippen LogP) is 16.2. The molecule has 12 rings (SSSR count). The second kappa shape index (κ2) is 14.0. The van der Waals surface area contributed by atoms with Gasteiger partial charge in [0.25, 0.3) is 0 Å². The summed E-state index contributed by atoms with van der Waals surface area (Å²) in [6, 6.07) is 72.9. The van der Waals surface area contributed by atoms with Crippen molar-refractivity contribution in [3.05, 3.63) is 206 Å². The van der Waals surface area contributed by atoms with Crippen LogP contribution in [-0.4, -0.2) is 4.98 Å². The van der Waals surface area contributed by atoms with Gasteiger partial charge in [-0.05, 0) is 106 Å². The molecule has 60 heavy (non-hydrogen) atoms. The molecule has 9 aromatic carbocycles. The van der Waals surface area contributed by atoms with E-state index in [4.69, 9.17) is 13.8 Å². The van der Waals surface area contributed by atoms with Crippen LogP contribution in [0.5, 0.6) is 0 Å². The first-order valence-electron chi connectivity index (χ1n) is 20.1. The zero-order valence-corrected chi connectivity index (χ0v) is 33.1. The molecule has 0 saturated carbocycles. The molecule has 0 aliphatic rings. The zero-order valence-electron chi connectivity index (χ0n) is 32.2. The standard InChI is InChI=1S/C55H34N2O2S/c1-3-10-35(11-4-1)37-18-25-41(26-19-37)57(42-27-20-38(21-28-42)36-12-5-2-6-13-36)43-29-22-39(23-30-43)40-24-31-45-51(34-40)60-50-33-32-47-54(53(45)50)59-55(56-47)46-15-9-17-49-52(46)44-14-7-8-16-48(44)58-49/h1-34H.